The predicted octanol–water partition coefficient (Wildman–Crippen LogP) is 3.91. The van der Waals surface area contributed by atoms with Crippen LogP contribution in [0.4, 0.5) is 4.39 Å². The minimum atomic E-state index is -0.588. The third-order valence-electron chi connectivity index (χ3n) is 2.72. The van der Waals surface area contributed by atoms with Gasteiger partial charge in [-0.15, -0.1) is 0 Å². The molecule has 0 N–H and O–H groups in total. The lowest BCUT2D eigenvalue weighted by Crippen LogP contribution is -2.26. The van der Waals surface area contributed by atoms with E-state index in [9.17, 15) is 9.18 Å². The molecule has 0 aliphatic rings. The molecule has 0 unspecified atom stereocenters. The zero-order chi connectivity index (χ0) is 14.7. The highest BCUT2D eigenvalue weighted by atomic mass is 79.9. The largest absolute Gasteiger partial charge is 0.337 e. The summed E-state index contributed by atoms with van der Waals surface area (Å²) in [5.41, 5.74) is 1.02. The summed E-state index contributed by atoms with van der Waals surface area (Å²) in [6.07, 6.45) is 0.980. The van der Waals surface area contributed by atoms with Gasteiger partial charge in [-0.1, -0.05) is 39.7 Å². The highest BCUT2D eigenvalue weighted by Gasteiger charge is 2.17. The predicted molar refractivity (Wildman–Crippen MR) is 79.1 cm³/mol. The van der Waals surface area contributed by atoms with Crippen molar-refractivity contribution in [3.63, 3.8) is 0 Å². The molecule has 0 saturated carbocycles. The Morgan fingerprint density at radius 1 is 1.40 bits per heavy atom. The van der Waals surface area contributed by atoms with E-state index in [2.05, 4.69) is 20.9 Å². The van der Waals surface area contributed by atoms with Crippen molar-refractivity contribution in [1.82, 2.24) is 9.88 Å². The van der Waals surface area contributed by atoms with Gasteiger partial charge in [-0.05, 0) is 23.8 Å². The normalized spacial score (nSPS) is 10.4. The van der Waals surface area contributed by atoms with Crippen LogP contribution in [0, 0.1) is 5.82 Å². The summed E-state index contributed by atoms with van der Waals surface area (Å²) in [6, 6.07) is 8.68. The summed E-state index contributed by atoms with van der Waals surface area (Å²) in [6.45, 7) is 0.402. The maximum Gasteiger partial charge on any atom is 0.257 e. The van der Waals surface area contributed by atoms with Gasteiger partial charge < -0.3 is 4.90 Å². The number of rotatable bonds is 3. The number of benzene rings is 1. The van der Waals surface area contributed by atoms with Crippen LogP contribution in [0.5, 0.6) is 0 Å². The molecule has 20 heavy (non-hydrogen) atoms. The van der Waals surface area contributed by atoms with E-state index in [0.29, 0.717) is 6.54 Å². The van der Waals surface area contributed by atoms with Crippen LogP contribution >= 0.6 is 27.5 Å². The van der Waals surface area contributed by atoms with Crippen LogP contribution in [0.1, 0.15) is 15.9 Å². The number of carbonyl (C=O) groups is 1. The molecule has 0 fully saturated rings. The van der Waals surface area contributed by atoms with Gasteiger partial charge in [0.2, 0.25) is 0 Å². The SMILES string of the molecule is CN(Cc1ccc(Br)cc1)C(=O)c1cc(F)cnc1Cl. The second-order valence-electron chi connectivity index (χ2n) is 4.28. The fourth-order valence-corrected chi connectivity index (χ4v) is 2.16. The fraction of sp³-hybridized carbons (Fsp3) is 0.143. The van der Waals surface area contributed by atoms with Crippen LogP contribution in [0.3, 0.4) is 0 Å². The molecule has 0 aliphatic heterocycles. The van der Waals surface area contributed by atoms with Crippen molar-refractivity contribution in [2.75, 3.05) is 7.05 Å². The van der Waals surface area contributed by atoms with E-state index in [1.165, 1.54) is 4.90 Å². The third-order valence-corrected chi connectivity index (χ3v) is 3.55. The van der Waals surface area contributed by atoms with Crippen LogP contribution in [0.25, 0.3) is 0 Å². The van der Waals surface area contributed by atoms with Gasteiger partial charge in [0.05, 0.1) is 11.8 Å². The molecule has 2 rings (SSSR count). The van der Waals surface area contributed by atoms with Crippen molar-refractivity contribution in [1.29, 1.82) is 0 Å². The zero-order valence-electron chi connectivity index (χ0n) is 10.6. The van der Waals surface area contributed by atoms with E-state index in [-0.39, 0.29) is 16.6 Å². The van der Waals surface area contributed by atoms with E-state index in [1.54, 1.807) is 7.05 Å². The minimum absolute atomic E-state index is 0.000874. The molecule has 6 heteroatoms. The highest BCUT2D eigenvalue weighted by molar-refractivity contribution is 9.10. The summed E-state index contributed by atoms with van der Waals surface area (Å²) < 4.78 is 14.1. The highest BCUT2D eigenvalue weighted by Crippen LogP contribution is 2.17. The standard InChI is InChI=1S/C14H11BrClFN2O/c1-19(8-9-2-4-10(15)5-3-9)14(20)12-6-11(17)7-18-13(12)16/h2-7H,8H2,1H3. The van der Waals surface area contributed by atoms with E-state index in [1.807, 2.05) is 24.3 Å². The molecule has 2 aromatic rings. The summed E-state index contributed by atoms with van der Waals surface area (Å²) in [4.78, 5) is 17.3. The molecule has 1 amide bonds. The number of carbonyl (C=O) groups excluding carboxylic acids is 1. The molecule has 0 aliphatic carbocycles. The topological polar surface area (TPSA) is 33.2 Å². The van der Waals surface area contributed by atoms with Crippen LogP contribution in [0.2, 0.25) is 5.15 Å². The molecule has 104 valence electrons. The van der Waals surface area contributed by atoms with E-state index in [4.69, 9.17) is 11.6 Å². The lowest BCUT2D eigenvalue weighted by atomic mass is 10.2. The summed E-state index contributed by atoms with van der Waals surface area (Å²) in [5, 5.41) is -0.000874. The van der Waals surface area contributed by atoms with Crippen molar-refractivity contribution < 1.29 is 9.18 Å². The van der Waals surface area contributed by atoms with Gasteiger partial charge in [0.15, 0.2) is 0 Å². The zero-order valence-corrected chi connectivity index (χ0v) is 12.9. The summed E-state index contributed by atoms with van der Waals surface area (Å²) in [5.74, 6) is -0.959. The maximum absolute atomic E-state index is 13.1. The molecule has 0 bridgehead atoms. The van der Waals surface area contributed by atoms with Crippen molar-refractivity contribution in [2.24, 2.45) is 0 Å². The first-order chi connectivity index (χ1) is 9.47. The monoisotopic (exact) mass is 356 g/mol. The number of hydrogen-bond donors (Lipinski definition) is 0. The number of halogens is 3. The Balaban J connectivity index is 2.16. The second kappa shape index (κ2) is 6.33. The van der Waals surface area contributed by atoms with E-state index < -0.39 is 5.82 Å². The summed E-state index contributed by atoms with van der Waals surface area (Å²) in [7, 11) is 1.63. The van der Waals surface area contributed by atoms with Gasteiger partial charge in [-0.25, -0.2) is 9.37 Å². The van der Waals surface area contributed by atoms with Crippen molar-refractivity contribution in [2.45, 2.75) is 6.54 Å². The number of aromatic nitrogens is 1. The first-order valence-corrected chi connectivity index (χ1v) is 6.95. The molecule has 0 saturated heterocycles. The summed E-state index contributed by atoms with van der Waals surface area (Å²) >= 11 is 9.17. The van der Waals surface area contributed by atoms with Crippen molar-refractivity contribution >= 4 is 33.4 Å². The number of hydrogen-bond acceptors (Lipinski definition) is 2. The van der Waals surface area contributed by atoms with E-state index in [0.717, 1.165) is 22.3 Å². The quantitative estimate of drug-likeness (QED) is 0.780. The van der Waals surface area contributed by atoms with Gasteiger partial charge in [-0.3, -0.25) is 4.79 Å². The molecular weight excluding hydrogens is 347 g/mol. The molecule has 0 atom stereocenters. The molecule has 0 spiro atoms. The Kier molecular flexibility index (Phi) is 4.73. The van der Waals surface area contributed by atoms with Gasteiger partial charge in [0.1, 0.15) is 11.0 Å². The Morgan fingerprint density at radius 2 is 2.05 bits per heavy atom. The number of amides is 1. The van der Waals surface area contributed by atoms with E-state index >= 15 is 0 Å². The van der Waals surface area contributed by atoms with Gasteiger partial charge in [0, 0.05) is 18.1 Å². The second-order valence-corrected chi connectivity index (χ2v) is 5.55. The first kappa shape index (κ1) is 14.9. The van der Waals surface area contributed by atoms with Crippen molar-refractivity contribution in [3.05, 3.63) is 63.1 Å². The lowest BCUT2D eigenvalue weighted by Gasteiger charge is -2.17. The minimum Gasteiger partial charge on any atom is -0.337 e. The number of pyridine rings is 1. The molecule has 1 heterocycles. The van der Waals surface area contributed by atoms with Crippen LogP contribution in [0.15, 0.2) is 41.0 Å². The van der Waals surface area contributed by atoms with Gasteiger partial charge in [0.25, 0.3) is 5.91 Å². The fourth-order valence-electron chi connectivity index (χ4n) is 1.71. The average Bonchev–Trinajstić information content (AvgIpc) is 2.43. The maximum atomic E-state index is 13.1. The molecular formula is C14H11BrClFN2O. The third kappa shape index (κ3) is 3.55. The Bertz CT molecular complexity index is 634. The Labute approximate surface area is 129 Å². The van der Waals surface area contributed by atoms with Crippen LogP contribution in [-0.4, -0.2) is 22.8 Å². The number of nitrogens with zero attached hydrogens (tertiary/aromatic N) is 2. The van der Waals surface area contributed by atoms with Gasteiger partial charge >= 0.3 is 0 Å². The van der Waals surface area contributed by atoms with Crippen LogP contribution in [-0.2, 0) is 6.54 Å². The average molecular weight is 358 g/mol. The van der Waals surface area contributed by atoms with Crippen LogP contribution < -0.4 is 0 Å². The van der Waals surface area contributed by atoms with Crippen molar-refractivity contribution in [3.8, 4) is 0 Å². The molecule has 3 nitrogen and oxygen atoms in total. The Morgan fingerprint density at radius 3 is 2.70 bits per heavy atom. The first-order valence-electron chi connectivity index (χ1n) is 5.78. The molecule has 1 aromatic heterocycles. The lowest BCUT2D eigenvalue weighted by molar-refractivity contribution is 0.0784. The molecule has 0 radical (unpaired) electrons. The Hall–Kier alpha value is -1.46. The van der Waals surface area contributed by atoms with Gasteiger partial charge in [-0.2, -0.15) is 0 Å². The smallest absolute Gasteiger partial charge is 0.257 e. The molecule has 1 aromatic carbocycles.